The maximum Gasteiger partial charge on any atom is 0.303 e. The molecule has 2 fully saturated rings. The number of carbonyl (C=O) groups is 7. The molecule has 1 amide bonds. The predicted octanol–water partition coefficient (Wildman–Crippen LogP) is 1.20. The van der Waals surface area contributed by atoms with Gasteiger partial charge in [-0.05, 0) is 18.1 Å². The molecule has 0 radical (unpaired) electrons. The Kier molecular flexibility index (Phi) is 15.5. The third-order valence-electron chi connectivity index (χ3n) is 8.23. The van der Waals surface area contributed by atoms with Gasteiger partial charge < -0.3 is 52.4 Å². The molecule has 2 heterocycles. The maximum atomic E-state index is 12.6. The molecular formula is C32H51NO17Si. The molecule has 1 N–H and O–H groups in total. The fraction of sp³-hybridized carbons (Fsp3) is 0.781. The van der Waals surface area contributed by atoms with Crippen LogP contribution < -0.4 is 5.32 Å². The fourth-order valence-corrected chi connectivity index (χ4v) is 6.28. The first kappa shape index (κ1) is 43.5. The predicted molar refractivity (Wildman–Crippen MR) is 174 cm³/mol. The van der Waals surface area contributed by atoms with Gasteiger partial charge in [-0.1, -0.05) is 20.8 Å². The molecule has 2 saturated heterocycles. The first-order valence-corrected chi connectivity index (χ1v) is 19.2. The second-order valence-electron chi connectivity index (χ2n) is 13.7. The summed E-state index contributed by atoms with van der Waals surface area (Å²) in [5.74, 6) is -5.37. The average Bonchev–Trinajstić information content (AvgIpc) is 2.95. The quantitative estimate of drug-likeness (QED) is 0.159. The van der Waals surface area contributed by atoms with Crippen LogP contribution in [0.15, 0.2) is 0 Å². The lowest BCUT2D eigenvalue weighted by Crippen LogP contribution is -2.70. The van der Waals surface area contributed by atoms with Crippen molar-refractivity contribution in [2.45, 2.75) is 149 Å². The summed E-state index contributed by atoms with van der Waals surface area (Å²) in [5.41, 5.74) is 0. The van der Waals surface area contributed by atoms with E-state index in [1.807, 2.05) is 33.9 Å². The van der Waals surface area contributed by atoms with Gasteiger partial charge in [0.05, 0.1) is 0 Å². The topological polar surface area (TPSA) is 224 Å². The third-order valence-corrected chi connectivity index (χ3v) is 12.7. The Balaban J connectivity index is 2.79. The number of carbonyl (C=O) groups excluding carboxylic acids is 7. The standard InChI is InChI=1S/C32H51NO17Si/c1-15(34)33-24-27(44-19(5)38)25(22(13-41-16(2)35)47-30(24)50-51(11,12)32(8,9)10)49-31-29(46-21(7)40)28(45-20(6)39)26(43-18(4)37)23(48-31)14-42-17(3)36/h22-31H,13-14H2,1-12H3,(H,33,34)/t22-,23+,24-,25+,26+,27-,28-,29-,30-,31-/m1/s1. The minimum Gasteiger partial charge on any atom is -0.463 e. The molecule has 2 aliphatic heterocycles. The first-order chi connectivity index (χ1) is 23.4. The van der Waals surface area contributed by atoms with E-state index in [0.717, 1.165) is 41.5 Å². The Morgan fingerprint density at radius 3 is 1.41 bits per heavy atom. The first-order valence-electron chi connectivity index (χ1n) is 16.3. The van der Waals surface area contributed by atoms with Crippen LogP contribution in [-0.2, 0) is 80.6 Å². The van der Waals surface area contributed by atoms with Gasteiger partial charge in [-0.15, -0.1) is 0 Å². The van der Waals surface area contributed by atoms with Gasteiger partial charge in [0, 0.05) is 48.5 Å². The Hall–Kier alpha value is -3.65. The van der Waals surface area contributed by atoms with E-state index < -0.39 is 125 Å². The molecule has 2 rings (SSSR count). The lowest BCUT2D eigenvalue weighted by atomic mass is 9.95. The van der Waals surface area contributed by atoms with Crippen LogP contribution in [0.1, 0.15) is 69.2 Å². The van der Waals surface area contributed by atoms with Gasteiger partial charge in [0.25, 0.3) is 0 Å². The van der Waals surface area contributed by atoms with Crippen molar-refractivity contribution in [2.24, 2.45) is 0 Å². The zero-order valence-corrected chi connectivity index (χ0v) is 32.1. The number of ether oxygens (including phenoxy) is 9. The molecule has 51 heavy (non-hydrogen) atoms. The van der Waals surface area contributed by atoms with Crippen LogP contribution in [0, 0.1) is 0 Å². The van der Waals surface area contributed by atoms with Crippen molar-refractivity contribution in [1.82, 2.24) is 5.32 Å². The Morgan fingerprint density at radius 2 is 0.980 bits per heavy atom. The van der Waals surface area contributed by atoms with E-state index in [-0.39, 0.29) is 5.04 Å². The summed E-state index contributed by atoms with van der Waals surface area (Å²) in [7, 11) is -2.68. The summed E-state index contributed by atoms with van der Waals surface area (Å²) >= 11 is 0. The van der Waals surface area contributed by atoms with Crippen molar-refractivity contribution < 1.29 is 80.6 Å². The van der Waals surface area contributed by atoms with E-state index in [1.54, 1.807) is 0 Å². The van der Waals surface area contributed by atoms with Crippen LogP contribution in [0.25, 0.3) is 0 Å². The molecule has 19 heteroatoms. The van der Waals surface area contributed by atoms with E-state index in [9.17, 15) is 33.6 Å². The molecule has 18 nitrogen and oxygen atoms in total. The number of hydrogen-bond acceptors (Lipinski definition) is 17. The molecule has 290 valence electrons. The highest BCUT2D eigenvalue weighted by molar-refractivity contribution is 6.74. The van der Waals surface area contributed by atoms with Gasteiger partial charge in [0.2, 0.25) is 5.91 Å². The van der Waals surface area contributed by atoms with Crippen molar-refractivity contribution in [1.29, 1.82) is 0 Å². The molecule has 0 bridgehead atoms. The van der Waals surface area contributed by atoms with Crippen LogP contribution in [0.4, 0.5) is 0 Å². The molecular weight excluding hydrogens is 698 g/mol. The van der Waals surface area contributed by atoms with E-state index in [1.165, 1.54) is 6.92 Å². The molecule has 0 aromatic rings. The van der Waals surface area contributed by atoms with Crippen molar-refractivity contribution in [3.63, 3.8) is 0 Å². The van der Waals surface area contributed by atoms with Crippen LogP contribution in [0.2, 0.25) is 18.1 Å². The van der Waals surface area contributed by atoms with Crippen molar-refractivity contribution in [2.75, 3.05) is 13.2 Å². The normalized spacial score (nSPS) is 29.5. The molecule has 0 aromatic heterocycles. The van der Waals surface area contributed by atoms with E-state index in [2.05, 4.69) is 5.32 Å². The Labute approximate surface area is 297 Å². The highest BCUT2D eigenvalue weighted by Crippen LogP contribution is 2.40. The second-order valence-corrected chi connectivity index (χ2v) is 18.4. The lowest BCUT2D eigenvalue weighted by Gasteiger charge is -2.50. The van der Waals surface area contributed by atoms with Gasteiger partial charge in [0.15, 0.2) is 45.3 Å². The summed E-state index contributed by atoms with van der Waals surface area (Å²) < 4.78 is 58.1. The third kappa shape index (κ3) is 12.8. The van der Waals surface area contributed by atoms with Crippen molar-refractivity contribution >= 4 is 50.0 Å². The average molecular weight is 750 g/mol. The minimum atomic E-state index is -2.68. The Morgan fingerprint density at radius 1 is 0.569 bits per heavy atom. The molecule has 10 atom stereocenters. The number of rotatable bonds is 13. The molecule has 0 unspecified atom stereocenters. The van der Waals surface area contributed by atoms with Gasteiger partial charge >= 0.3 is 35.8 Å². The van der Waals surface area contributed by atoms with Gasteiger partial charge in [-0.3, -0.25) is 33.6 Å². The Bertz CT molecular complexity index is 1300. The van der Waals surface area contributed by atoms with Crippen LogP contribution >= 0.6 is 0 Å². The van der Waals surface area contributed by atoms with Gasteiger partial charge in [0.1, 0.15) is 37.6 Å². The minimum absolute atomic E-state index is 0.346. The number of nitrogens with one attached hydrogen (secondary N) is 1. The smallest absolute Gasteiger partial charge is 0.303 e. The molecule has 0 aromatic carbocycles. The van der Waals surface area contributed by atoms with E-state index in [0.29, 0.717) is 0 Å². The largest absolute Gasteiger partial charge is 0.463 e. The van der Waals surface area contributed by atoms with Crippen molar-refractivity contribution in [3.05, 3.63) is 0 Å². The fourth-order valence-electron chi connectivity index (χ4n) is 5.14. The van der Waals surface area contributed by atoms with Crippen LogP contribution in [0.5, 0.6) is 0 Å². The van der Waals surface area contributed by atoms with Gasteiger partial charge in [-0.2, -0.15) is 0 Å². The van der Waals surface area contributed by atoms with Crippen LogP contribution in [0.3, 0.4) is 0 Å². The summed E-state index contributed by atoms with van der Waals surface area (Å²) in [6, 6.07) is -1.22. The molecule has 2 aliphatic rings. The highest BCUT2D eigenvalue weighted by Gasteiger charge is 2.58. The van der Waals surface area contributed by atoms with Crippen molar-refractivity contribution in [3.8, 4) is 0 Å². The SMILES string of the molecule is CC(=O)N[C@H]1[C@@H](O[Si](C)(C)C(C)(C)C)O[C@H](COC(C)=O)[C@H](O[C@H]2O[C@@H](COC(C)=O)[C@H](OC(C)=O)[C@@H](OC(C)=O)[C@H]2OC(C)=O)[C@@H]1OC(C)=O. The summed E-state index contributed by atoms with van der Waals surface area (Å²) in [6.45, 7) is 16.6. The number of hydrogen-bond donors (Lipinski definition) is 1. The highest BCUT2D eigenvalue weighted by atomic mass is 28.4. The maximum absolute atomic E-state index is 12.6. The second kappa shape index (κ2) is 18.2. The summed E-state index contributed by atoms with van der Waals surface area (Å²) in [4.78, 5) is 85.9. The summed E-state index contributed by atoms with van der Waals surface area (Å²) in [5, 5.41) is 2.37. The van der Waals surface area contributed by atoms with Crippen LogP contribution in [-0.4, -0.2) is 125 Å². The monoisotopic (exact) mass is 749 g/mol. The molecule has 0 saturated carbocycles. The van der Waals surface area contributed by atoms with Gasteiger partial charge in [-0.25, -0.2) is 0 Å². The van der Waals surface area contributed by atoms with E-state index in [4.69, 9.17) is 47.1 Å². The number of amides is 1. The summed E-state index contributed by atoms with van der Waals surface area (Å²) in [6.07, 6.45) is -13.3. The zero-order chi connectivity index (χ0) is 39.0. The molecule has 0 spiro atoms. The zero-order valence-electron chi connectivity index (χ0n) is 31.1. The lowest BCUT2D eigenvalue weighted by molar-refractivity contribution is -0.346. The molecule has 0 aliphatic carbocycles. The number of esters is 6. The van der Waals surface area contributed by atoms with E-state index >= 15 is 0 Å².